The van der Waals surface area contributed by atoms with Crippen LogP contribution in [0.15, 0.2) is 24.3 Å². The van der Waals surface area contributed by atoms with Gasteiger partial charge in [0.25, 0.3) is 0 Å². The average Bonchev–Trinajstić information content (AvgIpc) is 2.17. The van der Waals surface area contributed by atoms with E-state index in [1.165, 1.54) is 12.1 Å². The monoisotopic (exact) mass is 255 g/mol. The molecule has 1 aromatic carbocycles. The summed E-state index contributed by atoms with van der Waals surface area (Å²) in [5, 5.41) is 11.2. The molecule has 2 N–H and O–H groups in total. The van der Waals surface area contributed by atoms with E-state index in [9.17, 15) is 13.2 Å². The van der Waals surface area contributed by atoms with Crippen molar-refractivity contribution in [3.05, 3.63) is 35.4 Å². The van der Waals surface area contributed by atoms with Gasteiger partial charge in [0.1, 0.15) is 0 Å². The lowest BCUT2D eigenvalue weighted by molar-refractivity contribution is -0.138. The Bertz CT molecular complexity index is 317. The van der Waals surface area contributed by atoms with Crippen LogP contribution in [-0.4, -0.2) is 18.3 Å². The second-order valence-corrected chi connectivity index (χ2v) is 3.06. The van der Waals surface area contributed by atoms with Gasteiger partial charge < -0.3 is 10.4 Å². The van der Waals surface area contributed by atoms with E-state index in [1.54, 1.807) is 6.07 Å². The van der Waals surface area contributed by atoms with E-state index in [-0.39, 0.29) is 37.7 Å². The Morgan fingerprint density at radius 2 is 1.81 bits per heavy atom. The zero-order chi connectivity index (χ0) is 11.3. The van der Waals surface area contributed by atoms with Crippen molar-refractivity contribution < 1.29 is 18.3 Å². The maximum Gasteiger partial charge on any atom is 0.416 e. The minimum Gasteiger partial charge on any atom is -0.395 e. The molecule has 0 radical (unpaired) electrons. The second-order valence-electron chi connectivity index (χ2n) is 3.06. The van der Waals surface area contributed by atoms with Gasteiger partial charge in [-0.2, -0.15) is 13.2 Å². The number of alkyl halides is 3. The van der Waals surface area contributed by atoms with E-state index in [2.05, 4.69) is 5.32 Å². The minimum atomic E-state index is -4.32. The molecule has 0 aliphatic rings. The van der Waals surface area contributed by atoms with Gasteiger partial charge in [-0.15, -0.1) is 12.4 Å². The van der Waals surface area contributed by atoms with Gasteiger partial charge >= 0.3 is 6.18 Å². The summed E-state index contributed by atoms with van der Waals surface area (Å²) in [7, 11) is 0. The molecule has 0 aliphatic heterocycles. The summed E-state index contributed by atoms with van der Waals surface area (Å²) in [5.74, 6) is 0. The molecule has 0 heterocycles. The molecule has 2 nitrogen and oxygen atoms in total. The van der Waals surface area contributed by atoms with Gasteiger partial charge in [-0.25, -0.2) is 0 Å². The molecule has 0 fully saturated rings. The number of aliphatic hydroxyl groups excluding tert-OH is 1. The van der Waals surface area contributed by atoms with E-state index in [0.29, 0.717) is 0 Å². The van der Waals surface area contributed by atoms with Crippen molar-refractivity contribution in [3.63, 3.8) is 0 Å². The molecule has 92 valence electrons. The highest BCUT2D eigenvalue weighted by molar-refractivity contribution is 5.85. The lowest BCUT2D eigenvalue weighted by Crippen LogP contribution is -2.20. The maximum atomic E-state index is 12.5. The number of benzene rings is 1. The summed E-state index contributed by atoms with van der Waals surface area (Å²) in [6.07, 6.45) is -4.32. The molecular weight excluding hydrogens is 243 g/mol. The standard InChI is InChI=1S/C10H12F3NO.ClH/c11-10(12,13)9-4-2-1-3-8(9)7-14-5-6-15;/h1-4,14-15H,5-7H2;1H. The van der Waals surface area contributed by atoms with Gasteiger partial charge in [-0.3, -0.25) is 0 Å². The van der Waals surface area contributed by atoms with Crippen LogP contribution in [-0.2, 0) is 12.7 Å². The molecule has 0 aromatic heterocycles. The van der Waals surface area contributed by atoms with E-state index < -0.39 is 11.7 Å². The first-order valence-electron chi connectivity index (χ1n) is 4.52. The van der Waals surface area contributed by atoms with Gasteiger partial charge in [0.05, 0.1) is 12.2 Å². The number of halogens is 4. The first-order valence-corrected chi connectivity index (χ1v) is 4.52. The fraction of sp³-hybridized carbons (Fsp3) is 0.400. The SMILES string of the molecule is Cl.OCCNCc1ccccc1C(F)(F)F. The van der Waals surface area contributed by atoms with Crippen LogP contribution in [0.1, 0.15) is 11.1 Å². The number of nitrogens with one attached hydrogen (secondary N) is 1. The Labute approximate surface area is 97.9 Å². The minimum absolute atomic E-state index is 0. The van der Waals surface area contributed by atoms with E-state index >= 15 is 0 Å². The molecule has 6 heteroatoms. The third-order valence-electron chi connectivity index (χ3n) is 1.93. The third-order valence-corrected chi connectivity index (χ3v) is 1.93. The molecule has 1 rings (SSSR count). The van der Waals surface area contributed by atoms with Crippen LogP contribution in [0.25, 0.3) is 0 Å². The molecule has 0 unspecified atom stereocenters. The zero-order valence-electron chi connectivity index (χ0n) is 8.42. The lowest BCUT2D eigenvalue weighted by atomic mass is 10.1. The Balaban J connectivity index is 0.00000225. The van der Waals surface area contributed by atoms with Gasteiger partial charge in [-0.1, -0.05) is 18.2 Å². The van der Waals surface area contributed by atoms with E-state index in [4.69, 9.17) is 5.11 Å². The maximum absolute atomic E-state index is 12.5. The molecule has 0 saturated carbocycles. The fourth-order valence-corrected chi connectivity index (χ4v) is 1.25. The molecule has 0 spiro atoms. The number of hydrogen-bond acceptors (Lipinski definition) is 2. The first kappa shape index (κ1) is 15.2. The van der Waals surface area contributed by atoms with Crippen molar-refractivity contribution in [2.45, 2.75) is 12.7 Å². The van der Waals surface area contributed by atoms with Crippen LogP contribution in [0.2, 0.25) is 0 Å². The van der Waals surface area contributed by atoms with Crippen LogP contribution in [0, 0.1) is 0 Å². The van der Waals surface area contributed by atoms with Gasteiger partial charge in [0, 0.05) is 13.1 Å². The Morgan fingerprint density at radius 3 is 2.38 bits per heavy atom. The van der Waals surface area contributed by atoms with Gasteiger partial charge in [-0.05, 0) is 11.6 Å². The summed E-state index contributed by atoms with van der Waals surface area (Å²) >= 11 is 0. The smallest absolute Gasteiger partial charge is 0.395 e. The normalized spacial score (nSPS) is 11.0. The van der Waals surface area contributed by atoms with Crippen LogP contribution in [0.4, 0.5) is 13.2 Å². The largest absolute Gasteiger partial charge is 0.416 e. The highest BCUT2D eigenvalue weighted by Gasteiger charge is 2.32. The predicted molar refractivity (Wildman–Crippen MR) is 57.5 cm³/mol. The van der Waals surface area contributed by atoms with Crippen molar-refractivity contribution in [2.75, 3.05) is 13.2 Å². The van der Waals surface area contributed by atoms with Crippen molar-refractivity contribution in [1.82, 2.24) is 5.32 Å². The second kappa shape index (κ2) is 6.73. The van der Waals surface area contributed by atoms with Crippen molar-refractivity contribution in [1.29, 1.82) is 0 Å². The molecule has 0 aliphatic carbocycles. The molecule has 0 atom stereocenters. The number of aliphatic hydroxyl groups is 1. The quantitative estimate of drug-likeness (QED) is 0.809. The summed E-state index contributed by atoms with van der Waals surface area (Å²) in [4.78, 5) is 0. The molecule has 1 aromatic rings. The molecule has 0 saturated heterocycles. The van der Waals surface area contributed by atoms with Gasteiger partial charge in [0.2, 0.25) is 0 Å². The lowest BCUT2D eigenvalue weighted by Gasteiger charge is -2.12. The topological polar surface area (TPSA) is 32.3 Å². The highest BCUT2D eigenvalue weighted by atomic mass is 35.5. The van der Waals surface area contributed by atoms with Crippen LogP contribution < -0.4 is 5.32 Å². The van der Waals surface area contributed by atoms with Gasteiger partial charge in [0.15, 0.2) is 0 Å². The Morgan fingerprint density at radius 1 is 1.19 bits per heavy atom. The highest BCUT2D eigenvalue weighted by Crippen LogP contribution is 2.31. The average molecular weight is 256 g/mol. The summed E-state index contributed by atoms with van der Waals surface area (Å²) in [6, 6.07) is 5.40. The molecule has 0 amide bonds. The Hall–Kier alpha value is -0.780. The third kappa shape index (κ3) is 4.38. The van der Waals surface area contributed by atoms with Crippen LogP contribution in [0.3, 0.4) is 0 Å². The van der Waals surface area contributed by atoms with Crippen LogP contribution >= 0.6 is 12.4 Å². The summed E-state index contributed by atoms with van der Waals surface area (Å²) in [5.41, 5.74) is -0.436. The summed E-state index contributed by atoms with van der Waals surface area (Å²) < 4.78 is 37.4. The molecule has 0 bridgehead atoms. The number of hydrogen-bond donors (Lipinski definition) is 2. The van der Waals surface area contributed by atoms with Crippen molar-refractivity contribution >= 4 is 12.4 Å². The predicted octanol–water partition coefficient (Wildman–Crippen LogP) is 2.21. The van der Waals surface area contributed by atoms with E-state index in [1.807, 2.05) is 0 Å². The Kier molecular flexibility index (Phi) is 6.40. The summed E-state index contributed by atoms with van der Waals surface area (Å²) in [6.45, 7) is 0.302. The van der Waals surface area contributed by atoms with Crippen LogP contribution in [0.5, 0.6) is 0 Å². The molecule has 16 heavy (non-hydrogen) atoms. The fourth-order valence-electron chi connectivity index (χ4n) is 1.25. The number of rotatable bonds is 4. The first-order chi connectivity index (χ1) is 7.05. The zero-order valence-corrected chi connectivity index (χ0v) is 9.24. The van der Waals surface area contributed by atoms with Crippen molar-refractivity contribution in [2.24, 2.45) is 0 Å². The van der Waals surface area contributed by atoms with Crippen molar-refractivity contribution in [3.8, 4) is 0 Å². The van der Waals surface area contributed by atoms with E-state index in [0.717, 1.165) is 6.07 Å². The molecular formula is C10H13ClF3NO.